The third kappa shape index (κ3) is 7.13. The van der Waals surface area contributed by atoms with Crippen LogP contribution in [-0.2, 0) is 29.8 Å². The molecule has 55 heavy (non-hydrogen) atoms. The van der Waals surface area contributed by atoms with Gasteiger partial charge >= 0.3 is 0 Å². The van der Waals surface area contributed by atoms with E-state index in [2.05, 4.69) is 32.7 Å². The van der Waals surface area contributed by atoms with Gasteiger partial charge in [-0.1, -0.05) is 25.1 Å². The van der Waals surface area contributed by atoms with Gasteiger partial charge in [0.25, 0.3) is 0 Å². The number of anilines is 1. The van der Waals surface area contributed by atoms with E-state index in [0.717, 1.165) is 82.6 Å². The summed E-state index contributed by atoms with van der Waals surface area (Å²) in [6.45, 7) is 13.0. The van der Waals surface area contributed by atoms with E-state index in [4.69, 9.17) is 4.74 Å². The second kappa shape index (κ2) is 15.2. The Bertz CT molecular complexity index is 1860. The molecule has 2 aromatic carbocycles. The van der Waals surface area contributed by atoms with Crippen LogP contribution in [0.3, 0.4) is 0 Å². The van der Waals surface area contributed by atoms with Crippen LogP contribution in [0.2, 0.25) is 0 Å². The fourth-order valence-electron chi connectivity index (χ4n) is 11.2. The van der Waals surface area contributed by atoms with E-state index in [0.29, 0.717) is 38.5 Å². The minimum Gasteiger partial charge on any atom is -0.373 e. The molecule has 1 unspecified atom stereocenters. The standard InChI is InChI=1S/C42H57FN6O5S/c1-4-40(51)48-24-36-23-35(48)25-49(36)55(52,53)37-14-12-34(13-15-37)47-27-41(28-47,54-3)26-46-20-16-31(17-21-46)42(29-45-18-7-19-45,32-8-5-9-33(43)22-32)38-10-6-11-39(38)44-30(2)50/h4-5,8-9,12-15,22,31,35-36,38-39H,1,6-7,10-11,16-21,23-29H2,2-3H3,(H,44,50)/t35-,36?,38-,39-,42-/m0/s1. The Balaban J connectivity index is 0.923. The molecule has 5 atom stereocenters. The Morgan fingerprint density at radius 2 is 1.73 bits per heavy atom. The molecule has 298 valence electrons. The second-order valence-corrected chi connectivity index (χ2v) is 19.0. The Kier molecular flexibility index (Phi) is 10.6. The maximum Gasteiger partial charge on any atom is 0.246 e. The van der Waals surface area contributed by atoms with Gasteiger partial charge in [-0.25, -0.2) is 12.8 Å². The smallest absolute Gasteiger partial charge is 0.246 e. The van der Waals surface area contributed by atoms with Crippen molar-refractivity contribution in [1.82, 2.24) is 24.3 Å². The number of sulfonamides is 1. The fourth-order valence-corrected chi connectivity index (χ4v) is 12.9. The monoisotopic (exact) mass is 776 g/mol. The molecule has 2 bridgehead atoms. The first kappa shape index (κ1) is 38.5. The third-order valence-corrected chi connectivity index (χ3v) is 16.0. The van der Waals surface area contributed by atoms with Crippen molar-refractivity contribution in [3.8, 4) is 0 Å². The maximum atomic E-state index is 15.0. The number of nitrogens with zero attached hydrogens (tertiary/aromatic N) is 5. The van der Waals surface area contributed by atoms with E-state index in [-0.39, 0.29) is 57.6 Å². The van der Waals surface area contributed by atoms with Gasteiger partial charge < -0.3 is 29.7 Å². The molecule has 2 aromatic rings. The Morgan fingerprint density at radius 1 is 0.982 bits per heavy atom. The molecular formula is C42H57FN6O5S. The number of nitrogens with one attached hydrogen (secondary N) is 1. The molecule has 0 aromatic heterocycles. The van der Waals surface area contributed by atoms with Crippen molar-refractivity contribution >= 4 is 27.5 Å². The number of amides is 2. The van der Waals surface area contributed by atoms with Gasteiger partial charge in [-0.05, 0) is 125 Å². The summed E-state index contributed by atoms with van der Waals surface area (Å²) in [6.07, 6.45) is 8.19. The SMILES string of the molecule is C=CC(=O)N1CC2C[C@H]1CN2S(=O)(=O)c1ccc(N2CC(CN3CCC([C@@](CN4CCC4)(c4cccc(F)c4)[C@H]4CCC[C@@H]4NC(C)=O)CC3)(OC)C2)cc1. The molecule has 5 aliphatic heterocycles. The first-order valence-corrected chi connectivity index (χ1v) is 21.7. The lowest BCUT2D eigenvalue weighted by Crippen LogP contribution is -2.68. The Morgan fingerprint density at radius 3 is 2.33 bits per heavy atom. The van der Waals surface area contributed by atoms with Crippen LogP contribution >= 0.6 is 0 Å². The Labute approximate surface area is 325 Å². The number of likely N-dealkylation sites (tertiary alicyclic amines) is 3. The number of rotatable bonds is 13. The highest BCUT2D eigenvalue weighted by Crippen LogP contribution is 2.52. The van der Waals surface area contributed by atoms with E-state index in [1.807, 2.05) is 18.2 Å². The van der Waals surface area contributed by atoms with Gasteiger partial charge in [0.15, 0.2) is 0 Å². The van der Waals surface area contributed by atoms with Gasteiger partial charge in [0.05, 0.1) is 18.0 Å². The van der Waals surface area contributed by atoms with Crippen LogP contribution in [0.25, 0.3) is 0 Å². The van der Waals surface area contributed by atoms with Crippen molar-refractivity contribution < 1.29 is 27.1 Å². The van der Waals surface area contributed by atoms with Crippen molar-refractivity contribution in [3.05, 3.63) is 72.6 Å². The highest BCUT2D eigenvalue weighted by molar-refractivity contribution is 7.89. The first-order valence-electron chi connectivity index (χ1n) is 20.3. The average molecular weight is 777 g/mol. The molecule has 0 radical (unpaired) electrons. The van der Waals surface area contributed by atoms with Crippen molar-refractivity contribution in [2.75, 3.05) is 77.5 Å². The lowest BCUT2D eigenvalue weighted by atomic mass is 9.57. The third-order valence-electron chi connectivity index (χ3n) is 14.0. The summed E-state index contributed by atoms with van der Waals surface area (Å²) < 4.78 is 50.0. The van der Waals surface area contributed by atoms with Crippen LogP contribution in [0.4, 0.5) is 10.1 Å². The van der Waals surface area contributed by atoms with Gasteiger partial charge in [-0.15, -0.1) is 0 Å². The summed E-state index contributed by atoms with van der Waals surface area (Å²) in [4.78, 5) is 33.9. The molecule has 5 saturated heterocycles. The molecule has 6 aliphatic rings. The second-order valence-electron chi connectivity index (χ2n) is 17.1. The van der Waals surface area contributed by atoms with Crippen molar-refractivity contribution in [3.63, 3.8) is 0 Å². The molecule has 6 fully saturated rings. The fraction of sp³-hybridized carbons (Fsp3) is 0.619. The zero-order chi connectivity index (χ0) is 38.5. The molecule has 0 spiro atoms. The number of piperidine rings is 1. The number of carbonyl (C=O) groups is 2. The first-order chi connectivity index (χ1) is 26.4. The van der Waals surface area contributed by atoms with E-state index in [1.165, 1.54) is 12.5 Å². The summed E-state index contributed by atoms with van der Waals surface area (Å²) in [5.41, 5.74) is 1.46. The van der Waals surface area contributed by atoms with Crippen LogP contribution in [-0.4, -0.2) is 136 Å². The summed E-state index contributed by atoms with van der Waals surface area (Å²) in [7, 11) is -1.89. The van der Waals surface area contributed by atoms with Crippen LogP contribution in [0, 0.1) is 17.7 Å². The van der Waals surface area contributed by atoms with Crippen molar-refractivity contribution in [2.45, 2.75) is 85.9 Å². The van der Waals surface area contributed by atoms with Gasteiger partial charge in [0, 0.05) is 69.4 Å². The van der Waals surface area contributed by atoms with Gasteiger partial charge in [0.1, 0.15) is 11.4 Å². The summed E-state index contributed by atoms with van der Waals surface area (Å²) in [5, 5.41) is 3.32. The minimum absolute atomic E-state index is 0.00821. The van der Waals surface area contributed by atoms with Gasteiger partial charge in [-0.2, -0.15) is 4.31 Å². The largest absolute Gasteiger partial charge is 0.373 e. The molecule has 2 amide bonds. The lowest BCUT2D eigenvalue weighted by molar-refractivity contribution is -0.127. The van der Waals surface area contributed by atoms with Crippen molar-refractivity contribution in [1.29, 1.82) is 0 Å². The molecule has 11 nitrogen and oxygen atoms in total. The normalized spacial score (nSPS) is 28.4. The Hall–Kier alpha value is -3.36. The molecule has 1 saturated carbocycles. The molecular weight excluding hydrogens is 720 g/mol. The number of benzene rings is 2. The molecule has 1 aliphatic carbocycles. The van der Waals surface area contributed by atoms with Crippen LogP contribution in [0.1, 0.15) is 57.4 Å². The number of hydrogen-bond donors (Lipinski definition) is 1. The highest BCUT2D eigenvalue weighted by atomic mass is 32.2. The van der Waals surface area contributed by atoms with Crippen LogP contribution in [0.5, 0.6) is 0 Å². The van der Waals surface area contributed by atoms with Crippen LogP contribution in [0.15, 0.2) is 66.1 Å². The number of methoxy groups -OCH3 is 1. The maximum absolute atomic E-state index is 15.0. The predicted molar refractivity (Wildman–Crippen MR) is 210 cm³/mol. The molecule has 5 heterocycles. The zero-order valence-corrected chi connectivity index (χ0v) is 33.2. The highest BCUT2D eigenvalue weighted by Gasteiger charge is 2.54. The number of halogens is 1. The van der Waals surface area contributed by atoms with E-state index < -0.39 is 10.0 Å². The number of carbonyl (C=O) groups excluding carboxylic acids is 2. The number of ether oxygens (including phenoxy) is 1. The topological polar surface area (TPSA) is 106 Å². The summed E-state index contributed by atoms with van der Waals surface area (Å²) in [6, 6.07) is 14.3. The molecule has 8 rings (SSSR count). The summed E-state index contributed by atoms with van der Waals surface area (Å²) >= 11 is 0. The zero-order valence-electron chi connectivity index (χ0n) is 32.4. The molecule has 1 N–H and O–H groups in total. The van der Waals surface area contributed by atoms with Gasteiger partial charge in [0.2, 0.25) is 21.8 Å². The quantitative estimate of drug-likeness (QED) is 0.306. The van der Waals surface area contributed by atoms with E-state index in [9.17, 15) is 18.0 Å². The average Bonchev–Trinajstić information content (AvgIpc) is 3.90. The lowest BCUT2D eigenvalue weighted by Gasteiger charge is -2.55. The van der Waals surface area contributed by atoms with Crippen LogP contribution < -0.4 is 10.2 Å². The minimum atomic E-state index is -3.68. The number of fused-ring (bicyclic) bond motifs is 2. The van der Waals surface area contributed by atoms with E-state index >= 15 is 4.39 Å². The predicted octanol–water partition coefficient (Wildman–Crippen LogP) is 3.85. The molecule has 13 heteroatoms. The number of hydrogen-bond acceptors (Lipinski definition) is 8. The van der Waals surface area contributed by atoms with E-state index in [1.54, 1.807) is 47.5 Å². The van der Waals surface area contributed by atoms with Crippen molar-refractivity contribution in [2.24, 2.45) is 11.8 Å². The summed E-state index contributed by atoms with van der Waals surface area (Å²) in [5.74, 6) is 0.261. The van der Waals surface area contributed by atoms with Gasteiger partial charge in [-0.3, -0.25) is 9.59 Å². The number of piperazine rings is 1.